The maximum atomic E-state index is 11.5. The zero-order valence-corrected chi connectivity index (χ0v) is 11.4. The lowest BCUT2D eigenvalue weighted by Gasteiger charge is -2.12. The summed E-state index contributed by atoms with van der Waals surface area (Å²) in [4.78, 5) is 36.3. The molecule has 0 saturated heterocycles. The number of aromatic nitrogens is 1. The first-order valence-corrected chi connectivity index (χ1v) is 6.43. The van der Waals surface area contributed by atoms with E-state index in [4.69, 9.17) is 10.8 Å². The molecule has 0 fully saturated rings. The first-order valence-electron chi connectivity index (χ1n) is 5.55. The first kappa shape index (κ1) is 15.7. The van der Waals surface area contributed by atoms with Crippen molar-refractivity contribution in [3.8, 4) is 0 Å². The summed E-state index contributed by atoms with van der Waals surface area (Å²) in [5.74, 6) is -1.12. The fourth-order valence-electron chi connectivity index (χ4n) is 1.21. The van der Waals surface area contributed by atoms with Gasteiger partial charge in [-0.1, -0.05) is 0 Å². The van der Waals surface area contributed by atoms with E-state index in [0.29, 0.717) is 5.01 Å². The lowest BCUT2D eigenvalue weighted by molar-refractivity contribution is 0.0691. The van der Waals surface area contributed by atoms with Crippen LogP contribution >= 0.6 is 11.3 Å². The highest BCUT2D eigenvalue weighted by Crippen LogP contribution is 2.17. The summed E-state index contributed by atoms with van der Waals surface area (Å²) in [7, 11) is 0. The van der Waals surface area contributed by atoms with Crippen molar-refractivity contribution in [3.63, 3.8) is 0 Å². The van der Waals surface area contributed by atoms with Gasteiger partial charge in [-0.05, 0) is 6.92 Å². The van der Waals surface area contributed by atoms with Crippen LogP contribution in [0, 0.1) is 0 Å². The lowest BCUT2D eigenvalue weighted by Crippen LogP contribution is -2.39. The molecule has 0 saturated carbocycles. The molecule has 1 rings (SSSR count). The molecule has 0 aliphatic carbocycles. The Balaban J connectivity index is 2.36. The van der Waals surface area contributed by atoms with Crippen LogP contribution in [0.3, 0.4) is 0 Å². The molecule has 0 bridgehead atoms. The van der Waals surface area contributed by atoms with Crippen LogP contribution in [0.5, 0.6) is 0 Å². The van der Waals surface area contributed by atoms with E-state index in [1.807, 2.05) is 0 Å². The molecule has 110 valence electrons. The molecule has 3 amide bonds. The summed E-state index contributed by atoms with van der Waals surface area (Å²) in [6, 6.07) is -0.928. The molecule has 0 aromatic carbocycles. The predicted molar refractivity (Wildman–Crippen MR) is 69.6 cm³/mol. The van der Waals surface area contributed by atoms with E-state index in [1.54, 1.807) is 6.92 Å². The molecule has 0 radical (unpaired) electrons. The highest BCUT2D eigenvalue weighted by molar-refractivity contribution is 7.09. The van der Waals surface area contributed by atoms with E-state index in [2.05, 4.69) is 20.4 Å². The second-order valence-electron chi connectivity index (χ2n) is 3.67. The summed E-state index contributed by atoms with van der Waals surface area (Å²) >= 11 is 1.14. The van der Waals surface area contributed by atoms with Crippen molar-refractivity contribution in [2.24, 2.45) is 5.73 Å². The number of primary amides is 1. The van der Waals surface area contributed by atoms with Gasteiger partial charge in [0.05, 0.1) is 12.6 Å². The lowest BCUT2D eigenvalue weighted by atomic mass is 10.3. The van der Waals surface area contributed by atoms with Gasteiger partial charge in [0, 0.05) is 5.38 Å². The SMILES string of the molecule is CC(NC(=O)NCCOC(N)=O)c1nc(C(=O)O)cs1. The van der Waals surface area contributed by atoms with Crippen molar-refractivity contribution in [2.45, 2.75) is 13.0 Å². The molecule has 0 spiro atoms. The third-order valence-corrected chi connectivity index (χ3v) is 3.12. The minimum atomic E-state index is -1.12. The van der Waals surface area contributed by atoms with Crippen molar-refractivity contribution < 1.29 is 24.2 Å². The third kappa shape index (κ3) is 5.10. The highest BCUT2D eigenvalue weighted by Gasteiger charge is 2.15. The Labute approximate surface area is 118 Å². The number of carboxylic acid groups (broad SMARTS) is 1. The molecule has 20 heavy (non-hydrogen) atoms. The van der Waals surface area contributed by atoms with Gasteiger partial charge in [0.15, 0.2) is 5.69 Å². The van der Waals surface area contributed by atoms with E-state index in [9.17, 15) is 14.4 Å². The Hall–Kier alpha value is -2.36. The second kappa shape index (κ2) is 7.28. The maximum Gasteiger partial charge on any atom is 0.404 e. The number of nitrogens with two attached hydrogens (primary N) is 1. The highest BCUT2D eigenvalue weighted by atomic mass is 32.1. The number of nitrogens with zero attached hydrogens (tertiary/aromatic N) is 1. The molecule has 1 heterocycles. The smallest absolute Gasteiger partial charge is 0.404 e. The van der Waals surface area contributed by atoms with E-state index in [0.717, 1.165) is 11.3 Å². The molecule has 0 aliphatic rings. The minimum Gasteiger partial charge on any atom is -0.476 e. The van der Waals surface area contributed by atoms with Gasteiger partial charge < -0.3 is 26.2 Å². The topological polar surface area (TPSA) is 144 Å². The van der Waals surface area contributed by atoms with Gasteiger partial charge in [-0.3, -0.25) is 0 Å². The molecule has 1 unspecified atom stereocenters. The number of urea groups is 1. The number of carbonyl (C=O) groups is 3. The summed E-state index contributed by atoms with van der Waals surface area (Å²) in [6.07, 6.45) is -0.912. The molecule has 5 N–H and O–H groups in total. The number of rotatable bonds is 6. The predicted octanol–water partition coefficient (Wildman–Crippen LogP) is 0.297. The van der Waals surface area contributed by atoms with Crippen molar-refractivity contribution in [1.29, 1.82) is 0 Å². The van der Waals surface area contributed by atoms with Gasteiger partial charge in [-0.25, -0.2) is 19.4 Å². The summed E-state index contributed by atoms with van der Waals surface area (Å²) < 4.78 is 4.43. The van der Waals surface area contributed by atoms with Crippen LogP contribution in [-0.2, 0) is 4.74 Å². The van der Waals surface area contributed by atoms with E-state index >= 15 is 0 Å². The summed E-state index contributed by atoms with van der Waals surface area (Å²) in [5, 5.41) is 15.6. The molecular weight excluding hydrogens is 288 g/mol. The van der Waals surface area contributed by atoms with Gasteiger partial charge in [-0.2, -0.15) is 0 Å². The number of aromatic carboxylic acids is 1. The fourth-order valence-corrected chi connectivity index (χ4v) is 2.01. The van der Waals surface area contributed by atoms with Crippen LogP contribution < -0.4 is 16.4 Å². The Kier molecular flexibility index (Phi) is 5.72. The summed E-state index contributed by atoms with van der Waals surface area (Å²) in [5.41, 5.74) is 4.69. The van der Waals surface area contributed by atoms with E-state index in [-0.39, 0.29) is 18.8 Å². The van der Waals surface area contributed by atoms with Crippen LogP contribution in [0.1, 0.15) is 28.5 Å². The quantitative estimate of drug-likeness (QED) is 0.556. The van der Waals surface area contributed by atoms with Crippen LogP contribution in [0.15, 0.2) is 5.38 Å². The fraction of sp³-hybridized carbons (Fsp3) is 0.400. The van der Waals surface area contributed by atoms with Gasteiger partial charge in [0.2, 0.25) is 0 Å². The number of hydrogen-bond donors (Lipinski definition) is 4. The number of thiazole rings is 1. The van der Waals surface area contributed by atoms with Crippen LogP contribution in [0.4, 0.5) is 9.59 Å². The number of carbonyl (C=O) groups excluding carboxylic acids is 2. The Morgan fingerprint density at radius 1 is 1.55 bits per heavy atom. The molecule has 9 nitrogen and oxygen atoms in total. The van der Waals surface area contributed by atoms with Crippen LogP contribution in [0.25, 0.3) is 0 Å². The molecule has 1 aromatic rings. The number of amides is 3. The summed E-state index contributed by atoms with van der Waals surface area (Å²) in [6.45, 7) is 1.75. The molecule has 1 aromatic heterocycles. The number of hydrogen-bond acceptors (Lipinski definition) is 6. The van der Waals surface area contributed by atoms with Crippen molar-refractivity contribution in [3.05, 3.63) is 16.1 Å². The van der Waals surface area contributed by atoms with E-state index < -0.39 is 24.1 Å². The molecular formula is C10H14N4O5S. The largest absolute Gasteiger partial charge is 0.476 e. The molecule has 1 atom stereocenters. The monoisotopic (exact) mass is 302 g/mol. The number of nitrogens with one attached hydrogen (secondary N) is 2. The van der Waals surface area contributed by atoms with Crippen molar-refractivity contribution in [2.75, 3.05) is 13.2 Å². The third-order valence-electron chi connectivity index (χ3n) is 2.09. The van der Waals surface area contributed by atoms with Gasteiger partial charge >= 0.3 is 18.1 Å². The Bertz CT molecular complexity index is 504. The zero-order valence-electron chi connectivity index (χ0n) is 10.6. The van der Waals surface area contributed by atoms with Crippen LogP contribution in [-0.4, -0.2) is 41.3 Å². The molecule has 10 heteroatoms. The van der Waals surface area contributed by atoms with Gasteiger partial charge in [-0.15, -0.1) is 11.3 Å². The van der Waals surface area contributed by atoms with Crippen LogP contribution in [0.2, 0.25) is 0 Å². The maximum absolute atomic E-state index is 11.5. The van der Waals surface area contributed by atoms with Crippen molar-refractivity contribution in [1.82, 2.24) is 15.6 Å². The van der Waals surface area contributed by atoms with Gasteiger partial charge in [0.1, 0.15) is 11.6 Å². The number of ether oxygens (including phenoxy) is 1. The standard InChI is InChI=1S/C10H14N4O5S/c1-5(7-14-6(4-20-7)8(15)16)13-10(18)12-2-3-19-9(11)17/h4-5H,2-3H2,1H3,(H2,11,17)(H,15,16)(H2,12,13,18). The van der Waals surface area contributed by atoms with E-state index in [1.165, 1.54) is 5.38 Å². The zero-order chi connectivity index (χ0) is 15.1. The number of carboxylic acids is 1. The average Bonchev–Trinajstić information content (AvgIpc) is 2.84. The normalized spacial score (nSPS) is 11.4. The van der Waals surface area contributed by atoms with Crippen molar-refractivity contribution >= 4 is 29.4 Å². The second-order valence-corrected chi connectivity index (χ2v) is 4.56. The van der Waals surface area contributed by atoms with Gasteiger partial charge in [0.25, 0.3) is 0 Å². The Morgan fingerprint density at radius 3 is 2.80 bits per heavy atom. The Morgan fingerprint density at radius 2 is 2.25 bits per heavy atom. The minimum absolute atomic E-state index is 0.0302. The first-order chi connectivity index (χ1) is 9.40. The molecule has 0 aliphatic heterocycles. The average molecular weight is 302 g/mol.